The molecule has 0 radical (unpaired) electrons. The first-order valence-corrected chi connectivity index (χ1v) is 10.2. The van der Waals surface area contributed by atoms with Crippen molar-refractivity contribution in [2.75, 3.05) is 0 Å². The van der Waals surface area contributed by atoms with Gasteiger partial charge in [0.1, 0.15) is 0 Å². The van der Waals surface area contributed by atoms with Gasteiger partial charge in [0.15, 0.2) is 0 Å². The van der Waals surface area contributed by atoms with E-state index in [9.17, 15) is 0 Å². The molecule has 4 rings (SSSR count). The van der Waals surface area contributed by atoms with E-state index in [1.165, 1.54) is 16.0 Å². The second kappa shape index (κ2) is 7.45. The number of nitrogens with one attached hydrogen (secondary N) is 1. The molecule has 2 heterocycles. The van der Waals surface area contributed by atoms with Crippen LogP contribution < -0.4 is 5.43 Å². The number of hydrogen-bond acceptors (Lipinski definition) is 3. The minimum absolute atomic E-state index is 0.107. The van der Waals surface area contributed by atoms with E-state index in [4.69, 9.17) is 0 Å². The van der Waals surface area contributed by atoms with Crippen LogP contribution in [0.4, 0.5) is 0 Å². The van der Waals surface area contributed by atoms with Gasteiger partial charge in [-0.2, -0.15) is 0 Å². The fraction of sp³-hybridized carbons (Fsp3) is 0.167. The van der Waals surface area contributed by atoms with Crippen molar-refractivity contribution < 1.29 is 0 Å². The van der Waals surface area contributed by atoms with Crippen LogP contribution in [0.5, 0.6) is 0 Å². The maximum Gasteiger partial charge on any atom is 0.0958 e. The minimum Gasteiger partial charge on any atom is -0.296 e. The van der Waals surface area contributed by atoms with E-state index >= 15 is 0 Å². The molecule has 0 saturated heterocycles. The Morgan fingerprint density at radius 3 is 2.37 bits per heavy atom. The lowest BCUT2D eigenvalue weighted by Gasteiger charge is -2.29. The van der Waals surface area contributed by atoms with Crippen molar-refractivity contribution in [3.05, 3.63) is 106 Å². The van der Waals surface area contributed by atoms with Gasteiger partial charge < -0.3 is 0 Å². The topological polar surface area (TPSA) is 15.3 Å². The van der Waals surface area contributed by atoms with Gasteiger partial charge in [0.25, 0.3) is 0 Å². The summed E-state index contributed by atoms with van der Waals surface area (Å²) >= 11 is 1.75. The van der Waals surface area contributed by atoms with E-state index in [2.05, 4.69) is 103 Å². The summed E-state index contributed by atoms with van der Waals surface area (Å²) in [6.07, 6.45) is 2.30. The summed E-state index contributed by atoms with van der Waals surface area (Å²) in [5.74, 6) is 0.536. The van der Waals surface area contributed by atoms with Crippen molar-refractivity contribution in [1.29, 1.82) is 0 Å². The van der Waals surface area contributed by atoms with Gasteiger partial charge >= 0.3 is 0 Å². The molecular formula is C24H24N2S. The van der Waals surface area contributed by atoms with Crippen LogP contribution in [0, 0.1) is 0 Å². The molecule has 0 fully saturated rings. The van der Waals surface area contributed by atoms with Gasteiger partial charge in [0.05, 0.1) is 22.3 Å². The zero-order valence-corrected chi connectivity index (χ0v) is 16.5. The normalized spacial score (nSPS) is 16.3. The highest BCUT2D eigenvalue weighted by Gasteiger charge is 2.28. The summed E-state index contributed by atoms with van der Waals surface area (Å²) < 4.78 is 0. The first-order chi connectivity index (χ1) is 13.1. The number of thiophene rings is 1. The molecule has 0 amide bonds. The van der Waals surface area contributed by atoms with Crippen LogP contribution in [0.1, 0.15) is 47.4 Å². The lowest BCUT2D eigenvalue weighted by atomic mass is 9.98. The van der Waals surface area contributed by atoms with E-state index in [1.807, 2.05) is 6.07 Å². The zero-order chi connectivity index (χ0) is 18.8. The van der Waals surface area contributed by atoms with Gasteiger partial charge in [0, 0.05) is 0 Å². The third kappa shape index (κ3) is 3.56. The SMILES string of the molecule is C=C(c1ccccc1)N1NC(c2cccs2)=CC1c1ccc(C(C)C)cc1. The molecule has 0 spiro atoms. The van der Waals surface area contributed by atoms with E-state index in [0.29, 0.717) is 5.92 Å². The monoisotopic (exact) mass is 372 g/mol. The highest BCUT2D eigenvalue weighted by atomic mass is 32.1. The Bertz CT molecular complexity index is 938. The smallest absolute Gasteiger partial charge is 0.0958 e. The number of hydrogen-bond donors (Lipinski definition) is 1. The molecule has 2 nitrogen and oxygen atoms in total. The third-order valence-corrected chi connectivity index (χ3v) is 5.88. The Labute approximate surface area is 165 Å². The first-order valence-electron chi connectivity index (χ1n) is 9.29. The molecule has 3 aromatic rings. The molecule has 0 saturated carbocycles. The third-order valence-electron chi connectivity index (χ3n) is 4.97. The van der Waals surface area contributed by atoms with Crippen molar-refractivity contribution in [3.63, 3.8) is 0 Å². The van der Waals surface area contributed by atoms with Crippen LogP contribution in [0.15, 0.2) is 84.8 Å². The largest absolute Gasteiger partial charge is 0.296 e. The number of benzene rings is 2. The lowest BCUT2D eigenvalue weighted by Crippen LogP contribution is -2.32. The van der Waals surface area contributed by atoms with E-state index in [-0.39, 0.29) is 6.04 Å². The fourth-order valence-corrected chi connectivity index (χ4v) is 4.07. The van der Waals surface area contributed by atoms with Crippen LogP contribution in [0.2, 0.25) is 0 Å². The summed E-state index contributed by atoms with van der Waals surface area (Å²) in [7, 11) is 0. The Morgan fingerprint density at radius 1 is 1.00 bits per heavy atom. The standard InChI is InChI=1S/C24H24N2S/c1-17(2)19-11-13-21(14-12-19)23-16-22(24-10-7-15-27-24)25-26(23)18(3)20-8-5-4-6-9-20/h4-17,23,25H,3H2,1-2H3. The highest BCUT2D eigenvalue weighted by molar-refractivity contribution is 7.11. The molecule has 1 N–H and O–H groups in total. The Morgan fingerprint density at radius 2 is 1.74 bits per heavy atom. The molecule has 1 aliphatic heterocycles. The number of hydrazine groups is 1. The average molecular weight is 373 g/mol. The van der Waals surface area contributed by atoms with Crippen LogP contribution >= 0.6 is 11.3 Å². The van der Waals surface area contributed by atoms with Gasteiger partial charge in [0.2, 0.25) is 0 Å². The quantitative estimate of drug-likeness (QED) is 0.554. The number of nitrogens with zero attached hydrogens (tertiary/aromatic N) is 1. The molecule has 1 atom stereocenters. The summed E-state index contributed by atoms with van der Waals surface area (Å²) in [4.78, 5) is 1.24. The van der Waals surface area contributed by atoms with E-state index in [1.54, 1.807) is 11.3 Å². The molecule has 1 unspecified atom stereocenters. The minimum atomic E-state index is 0.107. The Kier molecular flexibility index (Phi) is 4.87. The molecule has 0 bridgehead atoms. The van der Waals surface area contributed by atoms with Gasteiger partial charge in [-0.3, -0.25) is 10.4 Å². The van der Waals surface area contributed by atoms with Crippen LogP contribution in [0.25, 0.3) is 11.4 Å². The summed E-state index contributed by atoms with van der Waals surface area (Å²) in [6, 6.07) is 23.6. The van der Waals surface area contributed by atoms with Crippen LogP contribution in [-0.4, -0.2) is 5.01 Å². The average Bonchev–Trinajstić information content (AvgIpc) is 3.38. The van der Waals surface area contributed by atoms with Crippen molar-refractivity contribution in [2.24, 2.45) is 0 Å². The second-order valence-electron chi connectivity index (χ2n) is 7.12. The summed E-state index contributed by atoms with van der Waals surface area (Å²) in [6.45, 7) is 8.83. The number of rotatable bonds is 5. The Hall–Kier alpha value is -2.78. The molecule has 1 aromatic heterocycles. The van der Waals surface area contributed by atoms with Crippen molar-refractivity contribution >= 4 is 22.7 Å². The summed E-state index contributed by atoms with van der Waals surface area (Å²) in [5.41, 5.74) is 9.43. The second-order valence-corrected chi connectivity index (χ2v) is 8.07. The van der Waals surface area contributed by atoms with Crippen LogP contribution in [-0.2, 0) is 0 Å². The molecule has 27 heavy (non-hydrogen) atoms. The highest BCUT2D eigenvalue weighted by Crippen LogP contribution is 2.37. The molecule has 0 aliphatic carbocycles. The van der Waals surface area contributed by atoms with Crippen LogP contribution in [0.3, 0.4) is 0 Å². The fourth-order valence-electron chi connectivity index (χ4n) is 3.37. The van der Waals surface area contributed by atoms with Gasteiger partial charge in [-0.15, -0.1) is 11.3 Å². The van der Waals surface area contributed by atoms with Crippen molar-refractivity contribution in [3.8, 4) is 0 Å². The first kappa shape index (κ1) is 17.6. The van der Waals surface area contributed by atoms with Gasteiger partial charge in [-0.1, -0.05) is 81.1 Å². The van der Waals surface area contributed by atoms with Gasteiger partial charge in [-0.25, -0.2) is 0 Å². The zero-order valence-electron chi connectivity index (χ0n) is 15.7. The molecule has 1 aliphatic rings. The lowest BCUT2D eigenvalue weighted by molar-refractivity contribution is 0.322. The van der Waals surface area contributed by atoms with Crippen molar-refractivity contribution in [2.45, 2.75) is 25.8 Å². The predicted octanol–water partition coefficient (Wildman–Crippen LogP) is 6.44. The maximum absolute atomic E-state index is 4.38. The predicted molar refractivity (Wildman–Crippen MR) is 116 cm³/mol. The van der Waals surface area contributed by atoms with Gasteiger partial charge in [-0.05, 0) is 40.1 Å². The summed E-state index contributed by atoms with van der Waals surface area (Å²) in [5, 5.41) is 4.29. The van der Waals surface area contributed by atoms with E-state index in [0.717, 1.165) is 17.0 Å². The maximum atomic E-state index is 4.38. The molecule has 2 aromatic carbocycles. The molecule has 136 valence electrons. The van der Waals surface area contributed by atoms with Crippen molar-refractivity contribution in [1.82, 2.24) is 10.4 Å². The Balaban J connectivity index is 1.70. The van der Waals surface area contributed by atoms with E-state index < -0.39 is 0 Å². The molecular weight excluding hydrogens is 348 g/mol. The molecule has 3 heteroatoms.